The monoisotopic (exact) mass is 370 g/mol. The van der Waals surface area contributed by atoms with Gasteiger partial charge >= 0.3 is 0 Å². The highest BCUT2D eigenvalue weighted by Gasteiger charge is 2.03. The second kappa shape index (κ2) is 6.15. The molecular weight excluding hydrogens is 360 g/mol. The van der Waals surface area contributed by atoms with Crippen LogP contribution in [0.15, 0.2) is 39.4 Å². The summed E-state index contributed by atoms with van der Waals surface area (Å²) in [6.07, 6.45) is 1.72. The summed E-state index contributed by atoms with van der Waals surface area (Å²) in [6.45, 7) is 2.81. The summed E-state index contributed by atoms with van der Waals surface area (Å²) < 4.78 is 2.00. The van der Waals surface area contributed by atoms with Crippen LogP contribution < -0.4 is 10.6 Å². The van der Waals surface area contributed by atoms with Crippen LogP contribution in [0.5, 0.6) is 0 Å². The first kappa shape index (κ1) is 13.3. The molecule has 2 N–H and O–H groups in total. The minimum Gasteiger partial charge on any atom is -0.354 e. The molecule has 94 valence electrons. The number of hydrogen-bond donors (Lipinski definition) is 2. The SMILES string of the molecule is CCNc1nccc(Nc2ccc(Br)cc2Br)n1. The highest BCUT2D eigenvalue weighted by Crippen LogP contribution is 2.28. The van der Waals surface area contributed by atoms with E-state index in [0.717, 1.165) is 27.0 Å². The second-order valence-corrected chi connectivity index (χ2v) is 5.31. The topological polar surface area (TPSA) is 49.8 Å². The van der Waals surface area contributed by atoms with Gasteiger partial charge in [-0.05, 0) is 47.1 Å². The zero-order valence-corrected chi connectivity index (χ0v) is 12.9. The number of nitrogens with one attached hydrogen (secondary N) is 2. The molecule has 0 aliphatic carbocycles. The van der Waals surface area contributed by atoms with Crippen LogP contribution in [0.4, 0.5) is 17.5 Å². The predicted molar refractivity (Wildman–Crippen MR) is 81.3 cm³/mol. The van der Waals surface area contributed by atoms with E-state index in [4.69, 9.17) is 0 Å². The van der Waals surface area contributed by atoms with Crippen molar-refractivity contribution in [2.45, 2.75) is 6.92 Å². The zero-order chi connectivity index (χ0) is 13.0. The molecule has 0 aliphatic heterocycles. The van der Waals surface area contributed by atoms with Gasteiger partial charge in [-0.1, -0.05) is 15.9 Å². The van der Waals surface area contributed by atoms with Crippen molar-refractivity contribution < 1.29 is 0 Å². The predicted octanol–water partition coefficient (Wildman–Crippen LogP) is 4.18. The fourth-order valence-electron chi connectivity index (χ4n) is 1.40. The maximum absolute atomic E-state index is 4.36. The van der Waals surface area contributed by atoms with Gasteiger partial charge in [0.1, 0.15) is 5.82 Å². The zero-order valence-electron chi connectivity index (χ0n) is 9.74. The molecular formula is C12H12Br2N4. The molecule has 2 aromatic rings. The molecule has 0 radical (unpaired) electrons. The number of halogens is 2. The Morgan fingerprint density at radius 3 is 2.78 bits per heavy atom. The van der Waals surface area contributed by atoms with E-state index in [2.05, 4.69) is 52.5 Å². The standard InChI is InChI=1S/C12H12Br2N4/c1-2-15-12-16-6-5-11(18-12)17-10-4-3-8(13)7-9(10)14/h3-7H,2H2,1H3,(H2,15,16,17,18). The summed E-state index contributed by atoms with van der Waals surface area (Å²) in [4.78, 5) is 8.48. The van der Waals surface area contributed by atoms with Gasteiger partial charge in [-0.15, -0.1) is 0 Å². The Kier molecular flexibility index (Phi) is 4.54. The molecule has 0 saturated carbocycles. The Morgan fingerprint density at radius 1 is 1.22 bits per heavy atom. The third-order valence-corrected chi connectivity index (χ3v) is 3.33. The number of benzene rings is 1. The van der Waals surface area contributed by atoms with E-state index in [-0.39, 0.29) is 0 Å². The van der Waals surface area contributed by atoms with Gasteiger partial charge in [0, 0.05) is 21.7 Å². The highest BCUT2D eigenvalue weighted by atomic mass is 79.9. The van der Waals surface area contributed by atoms with E-state index in [1.54, 1.807) is 6.20 Å². The van der Waals surface area contributed by atoms with Crippen molar-refractivity contribution in [3.05, 3.63) is 39.4 Å². The lowest BCUT2D eigenvalue weighted by molar-refractivity contribution is 1.09. The number of anilines is 3. The summed E-state index contributed by atoms with van der Waals surface area (Å²) in [6, 6.07) is 7.76. The quantitative estimate of drug-likeness (QED) is 0.846. The highest BCUT2D eigenvalue weighted by molar-refractivity contribution is 9.11. The van der Waals surface area contributed by atoms with Gasteiger partial charge in [-0.2, -0.15) is 4.98 Å². The summed E-state index contributed by atoms with van der Waals surface area (Å²) in [5.41, 5.74) is 0.958. The fraction of sp³-hybridized carbons (Fsp3) is 0.167. The molecule has 0 bridgehead atoms. The molecule has 18 heavy (non-hydrogen) atoms. The normalized spacial score (nSPS) is 10.2. The molecule has 0 spiro atoms. The van der Waals surface area contributed by atoms with Crippen molar-refractivity contribution in [1.82, 2.24) is 9.97 Å². The third kappa shape index (κ3) is 3.43. The third-order valence-electron chi connectivity index (χ3n) is 2.18. The van der Waals surface area contributed by atoms with E-state index in [1.807, 2.05) is 31.2 Å². The van der Waals surface area contributed by atoms with Crippen LogP contribution in [0.3, 0.4) is 0 Å². The summed E-state index contributed by atoms with van der Waals surface area (Å²) >= 11 is 6.92. The lowest BCUT2D eigenvalue weighted by atomic mass is 10.3. The van der Waals surface area contributed by atoms with Crippen molar-refractivity contribution in [3.8, 4) is 0 Å². The van der Waals surface area contributed by atoms with Crippen LogP contribution in [0, 0.1) is 0 Å². The van der Waals surface area contributed by atoms with Crippen LogP contribution in [0.25, 0.3) is 0 Å². The van der Waals surface area contributed by atoms with Crippen LogP contribution >= 0.6 is 31.9 Å². The van der Waals surface area contributed by atoms with Gasteiger partial charge in [0.15, 0.2) is 0 Å². The Labute approximate surface area is 122 Å². The number of rotatable bonds is 4. The first-order valence-corrected chi connectivity index (χ1v) is 7.06. The Bertz CT molecular complexity index is 545. The molecule has 0 unspecified atom stereocenters. The van der Waals surface area contributed by atoms with Gasteiger partial charge in [0.25, 0.3) is 0 Å². The van der Waals surface area contributed by atoms with Crippen LogP contribution in [-0.2, 0) is 0 Å². The molecule has 0 saturated heterocycles. The number of aromatic nitrogens is 2. The first-order chi connectivity index (χ1) is 8.69. The van der Waals surface area contributed by atoms with Gasteiger partial charge in [0.2, 0.25) is 5.95 Å². The molecule has 0 fully saturated rings. The Balaban J connectivity index is 2.20. The lowest BCUT2D eigenvalue weighted by Gasteiger charge is -2.09. The Hall–Kier alpha value is -1.14. The minimum absolute atomic E-state index is 0.621. The van der Waals surface area contributed by atoms with Gasteiger partial charge in [-0.25, -0.2) is 4.98 Å². The van der Waals surface area contributed by atoms with E-state index < -0.39 is 0 Å². The van der Waals surface area contributed by atoms with E-state index in [1.165, 1.54) is 0 Å². The molecule has 6 heteroatoms. The average Bonchev–Trinajstić information content (AvgIpc) is 2.34. The van der Waals surface area contributed by atoms with Crippen LogP contribution in [0.1, 0.15) is 6.92 Å². The van der Waals surface area contributed by atoms with Crippen molar-refractivity contribution in [3.63, 3.8) is 0 Å². The van der Waals surface area contributed by atoms with E-state index in [9.17, 15) is 0 Å². The van der Waals surface area contributed by atoms with Crippen molar-refractivity contribution in [1.29, 1.82) is 0 Å². The summed E-state index contributed by atoms with van der Waals surface area (Å²) in [5.74, 6) is 1.37. The fourth-order valence-corrected chi connectivity index (χ4v) is 2.55. The maximum Gasteiger partial charge on any atom is 0.224 e. The molecule has 0 amide bonds. The minimum atomic E-state index is 0.621. The number of nitrogens with zero attached hydrogens (tertiary/aromatic N) is 2. The molecule has 0 aliphatic rings. The van der Waals surface area contributed by atoms with Crippen molar-refractivity contribution in [2.24, 2.45) is 0 Å². The average molecular weight is 372 g/mol. The molecule has 4 nitrogen and oxygen atoms in total. The van der Waals surface area contributed by atoms with Gasteiger partial charge < -0.3 is 10.6 Å². The van der Waals surface area contributed by atoms with Crippen molar-refractivity contribution >= 4 is 49.3 Å². The molecule has 2 rings (SSSR count). The second-order valence-electron chi connectivity index (χ2n) is 3.54. The number of hydrogen-bond acceptors (Lipinski definition) is 4. The van der Waals surface area contributed by atoms with E-state index >= 15 is 0 Å². The van der Waals surface area contributed by atoms with Gasteiger partial charge in [0.05, 0.1) is 5.69 Å². The van der Waals surface area contributed by atoms with Crippen molar-refractivity contribution in [2.75, 3.05) is 17.2 Å². The van der Waals surface area contributed by atoms with Crippen LogP contribution in [-0.4, -0.2) is 16.5 Å². The molecule has 1 aromatic carbocycles. The smallest absolute Gasteiger partial charge is 0.224 e. The van der Waals surface area contributed by atoms with Gasteiger partial charge in [-0.3, -0.25) is 0 Å². The largest absolute Gasteiger partial charge is 0.354 e. The Morgan fingerprint density at radius 2 is 2.06 bits per heavy atom. The molecule has 1 aromatic heterocycles. The molecule has 0 atom stereocenters. The first-order valence-electron chi connectivity index (χ1n) is 5.48. The summed E-state index contributed by atoms with van der Waals surface area (Å²) in [7, 11) is 0. The molecule has 1 heterocycles. The van der Waals surface area contributed by atoms with E-state index in [0.29, 0.717) is 5.95 Å². The lowest BCUT2D eigenvalue weighted by Crippen LogP contribution is -2.03. The summed E-state index contributed by atoms with van der Waals surface area (Å²) in [5, 5.41) is 6.32. The van der Waals surface area contributed by atoms with Crippen LogP contribution in [0.2, 0.25) is 0 Å². The maximum atomic E-state index is 4.36.